The molecule has 3 amide bonds. The van der Waals surface area contributed by atoms with Crippen molar-refractivity contribution in [3.63, 3.8) is 0 Å². The number of carboxylic acids is 1. The molecule has 0 spiro atoms. The molecule has 1 rings (SSSR count). The molecule has 0 saturated heterocycles. The van der Waals surface area contributed by atoms with Gasteiger partial charge < -0.3 is 26.6 Å². The van der Waals surface area contributed by atoms with Crippen molar-refractivity contribution < 1.29 is 24.6 Å². The fraction of sp³-hybridized carbons (Fsp3) is 0.308. The van der Waals surface area contributed by atoms with Crippen molar-refractivity contribution in [3.05, 3.63) is 29.8 Å². The van der Waals surface area contributed by atoms with E-state index in [0.29, 0.717) is 5.56 Å². The first-order valence-electron chi connectivity index (χ1n) is 6.16. The van der Waals surface area contributed by atoms with Gasteiger partial charge in [0, 0.05) is 6.42 Å². The van der Waals surface area contributed by atoms with Crippen molar-refractivity contribution >= 4 is 17.9 Å². The highest BCUT2D eigenvalue weighted by atomic mass is 16.4. The highest BCUT2D eigenvalue weighted by Gasteiger charge is 2.23. The zero-order valence-electron chi connectivity index (χ0n) is 11.4. The Morgan fingerprint density at radius 3 is 2.24 bits per heavy atom. The fourth-order valence-electron chi connectivity index (χ4n) is 1.64. The number of rotatable bonds is 6. The van der Waals surface area contributed by atoms with E-state index in [2.05, 4.69) is 10.6 Å². The van der Waals surface area contributed by atoms with Crippen LogP contribution in [-0.2, 0) is 16.0 Å². The molecule has 21 heavy (non-hydrogen) atoms. The van der Waals surface area contributed by atoms with Crippen molar-refractivity contribution in [2.24, 2.45) is 5.73 Å². The molecule has 1 aromatic rings. The highest BCUT2D eigenvalue weighted by Crippen LogP contribution is 2.11. The molecular formula is C13H17N3O5. The molecule has 0 aliphatic rings. The van der Waals surface area contributed by atoms with E-state index in [4.69, 9.17) is 15.9 Å². The van der Waals surface area contributed by atoms with Gasteiger partial charge in [0.1, 0.15) is 17.8 Å². The van der Waals surface area contributed by atoms with Crippen LogP contribution in [0.3, 0.4) is 0 Å². The van der Waals surface area contributed by atoms with Crippen LogP contribution < -0.4 is 16.4 Å². The Balaban J connectivity index is 2.69. The van der Waals surface area contributed by atoms with E-state index in [1.54, 1.807) is 12.1 Å². The minimum absolute atomic E-state index is 0.0463. The molecule has 8 heteroatoms. The van der Waals surface area contributed by atoms with Crippen LogP contribution in [0.15, 0.2) is 24.3 Å². The lowest BCUT2D eigenvalue weighted by Crippen LogP contribution is -2.52. The van der Waals surface area contributed by atoms with Crippen LogP contribution >= 0.6 is 0 Å². The molecule has 0 aromatic heterocycles. The lowest BCUT2D eigenvalue weighted by Gasteiger charge is -2.18. The number of amides is 3. The number of carbonyl (C=O) groups is 3. The van der Waals surface area contributed by atoms with E-state index >= 15 is 0 Å². The van der Waals surface area contributed by atoms with Crippen LogP contribution in [0.1, 0.15) is 12.5 Å². The number of hydrogen-bond acceptors (Lipinski definition) is 4. The average Bonchev–Trinajstić information content (AvgIpc) is 2.39. The molecule has 1 unspecified atom stereocenters. The van der Waals surface area contributed by atoms with Crippen molar-refractivity contribution in [3.8, 4) is 5.75 Å². The minimum Gasteiger partial charge on any atom is -0.508 e. The summed E-state index contributed by atoms with van der Waals surface area (Å²) in [5.41, 5.74) is 5.52. The summed E-state index contributed by atoms with van der Waals surface area (Å²) in [4.78, 5) is 33.6. The number of carbonyl (C=O) groups excluding carboxylic acids is 2. The van der Waals surface area contributed by atoms with E-state index in [1.165, 1.54) is 19.1 Å². The second-order valence-corrected chi connectivity index (χ2v) is 4.50. The summed E-state index contributed by atoms with van der Waals surface area (Å²) in [5.74, 6) is -1.79. The number of hydrogen-bond donors (Lipinski definition) is 5. The van der Waals surface area contributed by atoms with Crippen molar-refractivity contribution in [2.45, 2.75) is 25.4 Å². The number of phenolic OH excluding ortho intramolecular Hbond substituents is 1. The molecule has 0 aliphatic carbocycles. The molecule has 0 heterocycles. The van der Waals surface area contributed by atoms with Crippen LogP contribution in [0, 0.1) is 0 Å². The largest absolute Gasteiger partial charge is 0.508 e. The molecule has 0 bridgehead atoms. The molecule has 0 saturated carbocycles. The predicted octanol–water partition coefficient (Wildman–Crippen LogP) is -0.439. The van der Waals surface area contributed by atoms with Gasteiger partial charge in [-0.2, -0.15) is 0 Å². The van der Waals surface area contributed by atoms with Crippen molar-refractivity contribution in [1.29, 1.82) is 0 Å². The number of benzene rings is 1. The van der Waals surface area contributed by atoms with Crippen LogP contribution in [0.5, 0.6) is 5.75 Å². The van der Waals surface area contributed by atoms with Gasteiger partial charge in [0.15, 0.2) is 0 Å². The molecule has 114 valence electrons. The Kier molecular flexibility index (Phi) is 5.53. The van der Waals surface area contributed by atoms with Gasteiger partial charge in [-0.25, -0.2) is 9.59 Å². The molecule has 0 fully saturated rings. The minimum atomic E-state index is -1.21. The van der Waals surface area contributed by atoms with E-state index in [1.807, 2.05) is 0 Å². The monoisotopic (exact) mass is 295 g/mol. The Hall–Kier alpha value is -2.77. The summed E-state index contributed by atoms with van der Waals surface area (Å²) < 4.78 is 0. The van der Waals surface area contributed by atoms with Gasteiger partial charge >= 0.3 is 12.0 Å². The van der Waals surface area contributed by atoms with Crippen LogP contribution in [0.2, 0.25) is 0 Å². The van der Waals surface area contributed by atoms with Gasteiger partial charge in [0.25, 0.3) is 0 Å². The third kappa shape index (κ3) is 5.39. The van der Waals surface area contributed by atoms with Gasteiger partial charge in [-0.1, -0.05) is 12.1 Å². The molecule has 8 nitrogen and oxygen atoms in total. The first kappa shape index (κ1) is 16.3. The number of primary amides is 1. The standard InChI is InChI=1S/C13H17N3O5/c1-7(15-13(14)21)11(18)16-10(12(19)20)6-8-2-4-9(17)5-3-8/h2-5,7,10,17H,6H2,1H3,(H,16,18)(H,19,20)(H3,14,15,21)/t7?,10-/m0/s1. The third-order valence-corrected chi connectivity index (χ3v) is 2.74. The normalized spacial score (nSPS) is 13.0. The van der Waals surface area contributed by atoms with E-state index in [9.17, 15) is 14.4 Å². The van der Waals surface area contributed by atoms with Crippen LogP contribution in [-0.4, -0.2) is 40.2 Å². The van der Waals surface area contributed by atoms with E-state index < -0.39 is 30.0 Å². The quantitative estimate of drug-likeness (QED) is 0.483. The molecule has 6 N–H and O–H groups in total. The first-order valence-corrected chi connectivity index (χ1v) is 6.16. The van der Waals surface area contributed by atoms with Gasteiger partial charge in [0.05, 0.1) is 0 Å². The smallest absolute Gasteiger partial charge is 0.326 e. The van der Waals surface area contributed by atoms with Crippen LogP contribution in [0.25, 0.3) is 0 Å². The molecule has 1 aromatic carbocycles. The third-order valence-electron chi connectivity index (χ3n) is 2.74. The second-order valence-electron chi connectivity index (χ2n) is 4.50. The topological polar surface area (TPSA) is 142 Å². The zero-order chi connectivity index (χ0) is 16.0. The number of phenols is 1. The SMILES string of the molecule is CC(NC(N)=O)C(=O)N[C@@H](Cc1ccc(O)cc1)C(=O)O. The maximum atomic E-state index is 11.8. The summed E-state index contributed by atoms with van der Waals surface area (Å²) >= 11 is 0. The summed E-state index contributed by atoms with van der Waals surface area (Å²) in [6, 6.07) is 3.00. The number of carboxylic acid groups (broad SMARTS) is 1. The van der Waals surface area contributed by atoms with Crippen molar-refractivity contribution in [2.75, 3.05) is 0 Å². The molecular weight excluding hydrogens is 278 g/mol. The number of aliphatic carboxylic acids is 1. The number of nitrogens with two attached hydrogens (primary N) is 1. The van der Waals surface area contributed by atoms with Crippen LogP contribution in [0.4, 0.5) is 4.79 Å². The lowest BCUT2D eigenvalue weighted by molar-refractivity contribution is -0.142. The van der Waals surface area contributed by atoms with E-state index in [0.717, 1.165) is 0 Å². The van der Waals surface area contributed by atoms with Crippen molar-refractivity contribution in [1.82, 2.24) is 10.6 Å². The summed E-state index contributed by atoms with van der Waals surface area (Å²) in [5, 5.41) is 22.8. The summed E-state index contributed by atoms with van der Waals surface area (Å²) in [6.07, 6.45) is 0.0463. The number of nitrogens with one attached hydrogen (secondary N) is 2. The lowest BCUT2D eigenvalue weighted by atomic mass is 10.1. The fourth-order valence-corrected chi connectivity index (χ4v) is 1.64. The predicted molar refractivity (Wildman–Crippen MR) is 73.6 cm³/mol. The Morgan fingerprint density at radius 2 is 1.76 bits per heavy atom. The summed E-state index contributed by atoms with van der Waals surface area (Å²) in [7, 11) is 0. The molecule has 0 aliphatic heterocycles. The first-order chi connectivity index (χ1) is 9.79. The summed E-state index contributed by atoms with van der Waals surface area (Å²) in [6.45, 7) is 1.39. The highest BCUT2D eigenvalue weighted by molar-refractivity contribution is 5.89. The van der Waals surface area contributed by atoms with Gasteiger partial charge in [-0.05, 0) is 24.6 Å². The number of urea groups is 1. The molecule has 2 atom stereocenters. The number of aromatic hydroxyl groups is 1. The maximum Gasteiger partial charge on any atom is 0.326 e. The van der Waals surface area contributed by atoms with Gasteiger partial charge in [0.2, 0.25) is 5.91 Å². The second kappa shape index (κ2) is 7.13. The Bertz CT molecular complexity index is 529. The van der Waals surface area contributed by atoms with Gasteiger partial charge in [-0.15, -0.1) is 0 Å². The Morgan fingerprint density at radius 1 is 1.19 bits per heavy atom. The maximum absolute atomic E-state index is 11.8. The van der Waals surface area contributed by atoms with E-state index in [-0.39, 0.29) is 12.2 Å². The zero-order valence-corrected chi connectivity index (χ0v) is 11.4. The Labute approximate surface area is 120 Å². The molecule has 0 radical (unpaired) electrons. The van der Waals surface area contributed by atoms with Gasteiger partial charge in [-0.3, -0.25) is 4.79 Å². The average molecular weight is 295 g/mol.